The molecule has 0 radical (unpaired) electrons. The zero-order valence-electron chi connectivity index (χ0n) is 12.4. The molecule has 2 N–H and O–H groups in total. The van der Waals surface area contributed by atoms with Crippen LogP contribution in [0.1, 0.15) is 17.0 Å². The summed E-state index contributed by atoms with van der Waals surface area (Å²) < 4.78 is 5.09. The molecule has 0 aliphatic carbocycles. The number of oxime groups is 1. The van der Waals surface area contributed by atoms with Crippen LogP contribution in [0.15, 0.2) is 70.2 Å². The van der Waals surface area contributed by atoms with Crippen LogP contribution in [0.5, 0.6) is 0 Å². The van der Waals surface area contributed by atoms with Gasteiger partial charge in [0.1, 0.15) is 12.3 Å². The SMILES string of the molecule is Nc1nnc(CCON=C(c2ccccc2)c2ccccc2)o1. The molecule has 0 bridgehead atoms. The van der Waals surface area contributed by atoms with E-state index in [1.165, 1.54) is 0 Å². The largest absolute Gasteiger partial charge is 0.408 e. The van der Waals surface area contributed by atoms with Crippen molar-refractivity contribution in [1.29, 1.82) is 0 Å². The zero-order chi connectivity index (χ0) is 15.9. The average molecular weight is 308 g/mol. The third-order valence-electron chi connectivity index (χ3n) is 3.14. The van der Waals surface area contributed by atoms with Crippen LogP contribution in [0.4, 0.5) is 6.01 Å². The van der Waals surface area contributed by atoms with E-state index in [-0.39, 0.29) is 6.01 Å². The smallest absolute Gasteiger partial charge is 0.312 e. The molecular weight excluding hydrogens is 292 g/mol. The van der Waals surface area contributed by atoms with E-state index in [9.17, 15) is 0 Å². The maximum atomic E-state index is 5.44. The van der Waals surface area contributed by atoms with Gasteiger partial charge in [0.2, 0.25) is 5.89 Å². The Morgan fingerprint density at radius 3 is 2.09 bits per heavy atom. The van der Waals surface area contributed by atoms with Crippen molar-refractivity contribution in [3.05, 3.63) is 77.7 Å². The number of benzene rings is 2. The van der Waals surface area contributed by atoms with Crippen molar-refractivity contribution in [2.75, 3.05) is 12.3 Å². The van der Waals surface area contributed by atoms with Gasteiger partial charge in [-0.3, -0.25) is 0 Å². The molecule has 0 aliphatic rings. The van der Waals surface area contributed by atoms with Crippen LogP contribution in [-0.4, -0.2) is 22.5 Å². The summed E-state index contributed by atoms with van der Waals surface area (Å²) in [6.07, 6.45) is 0.449. The maximum absolute atomic E-state index is 5.44. The van der Waals surface area contributed by atoms with Crippen molar-refractivity contribution < 1.29 is 9.25 Å². The quantitative estimate of drug-likeness (QED) is 0.430. The Labute approximate surface area is 133 Å². The minimum absolute atomic E-state index is 0.0535. The topological polar surface area (TPSA) is 86.5 Å². The molecule has 0 saturated carbocycles. The van der Waals surface area contributed by atoms with Crippen molar-refractivity contribution >= 4 is 11.7 Å². The number of nitrogens with two attached hydrogens (primary N) is 1. The second-order valence-corrected chi connectivity index (χ2v) is 4.79. The van der Waals surface area contributed by atoms with Gasteiger partial charge in [0.25, 0.3) is 0 Å². The normalized spacial score (nSPS) is 10.3. The van der Waals surface area contributed by atoms with Crippen molar-refractivity contribution in [2.24, 2.45) is 5.16 Å². The van der Waals surface area contributed by atoms with Crippen LogP contribution in [0.3, 0.4) is 0 Å². The van der Waals surface area contributed by atoms with Crippen LogP contribution in [-0.2, 0) is 11.3 Å². The molecule has 116 valence electrons. The molecular formula is C17H16N4O2. The fourth-order valence-corrected chi connectivity index (χ4v) is 2.07. The van der Waals surface area contributed by atoms with E-state index in [0.717, 1.165) is 16.8 Å². The molecule has 23 heavy (non-hydrogen) atoms. The molecule has 1 aromatic heterocycles. The lowest BCUT2D eigenvalue weighted by Crippen LogP contribution is -2.05. The monoisotopic (exact) mass is 308 g/mol. The van der Waals surface area contributed by atoms with E-state index in [0.29, 0.717) is 18.9 Å². The van der Waals surface area contributed by atoms with E-state index in [1.54, 1.807) is 0 Å². The summed E-state index contributed by atoms with van der Waals surface area (Å²) in [7, 11) is 0. The molecule has 0 unspecified atom stereocenters. The minimum Gasteiger partial charge on any atom is -0.408 e. The van der Waals surface area contributed by atoms with E-state index in [4.69, 9.17) is 15.0 Å². The standard InChI is InChI=1S/C17H16N4O2/c18-17-20-19-15(23-17)11-12-22-21-16(13-7-3-1-4-8-13)14-9-5-2-6-10-14/h1-10H,11-12H2,(H2,18,20). The van der Waals surface area contributed by atoms with E-state index < -0.39 is 0 Å². The van der Waals surface area contributed by atoms with Gasteiger partial charge >= 0.3 is 6.01 Å². The Morgan fingerprint density at radius 1 is 0.957 bits per heavy atom. The highest BCUT2D eigenvalue weighted by Gasteiger charge is 2.08. The van der Waals surface area contributed by atoms with Gasteiger partial charge in [0.05, 0.1) is 6.42 Å². The van der Waals surface area contributed by atoms with Gasteiger partial charge in [-0.25, -0.2) is 0 Å². The van der Waals surface area contributed by atoms with Crippen molar-refractivity contribution in [2.45, 2.75) is 6.42 Å². The first kappa shape index (κ1) is 14.8. The van der Waals surface area contributed by atoms with Gasteiger partial charge in [-0.2, -0.15) is 0 Å². The van der Waals surface area contributed by atoms with Crippen LogP contribution in [0, 0.1) is 0 Å². The van der Waals surface area contributed by atoms with E-state index >= 15 is 0 Å². The summed E-state index contributed by atoms with van der Waals surface area (Å²) in [5.74, 6) is 0.429. The van der Waals surface area contributed by atoms with Gasteiger partial charge in [-0.15, -0.1) is 5.10 Å². The Kier molecular flexibility index (Phi) is 4.63. The highest BCUT2D eigenvalue weighted by molar-refractivity contribution is 6.12. The predicted octanol–water partition coefficient (Wildman–Crippen LogP) is 2.66. The molecule has 0 fully saturated rings. The third-order valence-corrected chi connectivity index (χ3v) is 3.14. The van der Waals surface area contributed by atoms with Gasteiger partial charge in [0, 0.05) is 11.1 Å². The lowest BCUT2D eigenvalue weighted by Gasteiger charge is -2.07. The molecule has 0 saturated heterocycles. The number of hydrogen-bond acceptors (Lipinski definition) is 6. The summed E-state index contributed by atoms with van der Waals surface area (Å²) >= 11 is 0. The van der Waals surface area contributed by atoms with Crippen molar-refractivity contribution in [3.8, 4) is 0 Å². The lowest BCUT2D eigenvalue weighted by atomic mass is 10.0. The second kappa shape index (κ2) is 7.22. The molecule has 0 spiro atoms. The predicted molar refractivity (Wildman–Crippen MR) is 86.9 cm³/mol. The first-order valence-corrected chi connectivity index (χ1v) is 7.21. The number of aromatic nitrogens is 2. The molecule has 3 rings (SSSR count). The fraction of sp³-hybridized carbons (Fsp3) is 0.118. The first-order valence-electron chi connectivity index (χ1n) is 7.21. The number of nitrogen functional groups attached to an aromatic ring is 1. The Hall–Kier alpha value is -3.15. The summed E-state index contributed by atoms with van der Waals surface area (Å²) in [5.41, 5.74) is 8.12. The van der Waals surface area contributed by atoms with Crippen LogP contribution < -0.4 is 5.73 Å². The molecule has 0 aliphatic heterocycles. The Bertz CT molecular complexity index is 728. The van der Waals surface area contributed by atoms with Gasteiger partial charge < -0.3 is 15.0 Å². The summed E-state index contributed by atoms with van der Waals surface area (Å²) in [4.78, 5) is 5.44. The lowest BCUT2D eigenvalue weighted by molar-refractivity contribution is 0.143. The molecule has 3 aromatic rings. The van der Waals surface area contributed by atoms with Crippen LogP contribution >= 0.6 is 0 Å². The first-order chi connectivity index (χ1) is 11.3. The fourth-order valence-electron chi connectivity index (χ4n) is 2.07. The summed E-state index contributed by atoms with van der Waals surface area (Å²) in [5, 5.41) is 11.7. The minimum atomic E-state index is 0.0535. The summed E-state index contributed by atoms with van der Waals surface area (Å²) in [6.45, 7) is 0.324. The third kappa shape index (κ3) is 3.94. The molecule has 6 nitrogen and oxygen atoms in total. The van der Waals surface area contributed by atoms with Gasteiger partial charge in [-0.1, -0.05) is 70.9 Å². The molecule has 1 heterocycles. The second-order valence-electron chi connectivity index (χ2n) is 4.79. The molecule has 0 amide bonds. The highest BCUT2D eigenvalue weighted by Crippen LogP contribution is 2.11. The highest BCUT2D eigenvalue weighted by atomic mass is 16.6. The number of anilines is 1. The zero-order valence-corrected chi connectivity index (χ0v) is 12.4. The average Bonchev–Trinajstić information content (AvgIpc) is 3.02. The van der Waals surface area contributed by atoms with Crippen molar-refractivity contribution in [3.63, 3.8) is 0 Å². The number of nitrogens with zero attached hydrogens (tertiary/aromatic N) is 3. The molecule has 2 aromatic carbocycles. The Morgan fingerprint density at radius 2 is 1.57 bits per heavy atom. The van der Waals surface area contributed by atoms with Gasteiger partial charge in [0.15, 0.2) is 0 Å². The number of rotatable bonds is 6. The van der Waals surface area contributed by atoms with Crippen LogP contribution in [0.2, 0.25) is 0 Å². The van der Waals surface area contributed by atoms with E-state index in [1.807, 2.05) is 60.7 Å². The maximum Gasteiger partial charge on any atom is 0.312 e. The summed E-state index contributed by atoms with van der Waals surface area (Å²) in [6, 6.07) is 19.8. The molecule has 6 heteroatoms. The Balaban J connectivity index is 1.73. The van der Waals surface area contributed by atoms with Crippen molar-refractivity contribution in [1.82, 2.24) is 10.2 Å². The molecule has 0 atom stereocenters. The number of hydrogen-bond donors (Lipinski definition) is 1. The van der Waals surface area contributed by atoms with Crippen LogP contribution in [0.25, 0.3) is 0 Å². The van der Waals surface area contributed by atoms with E-state index in [2.05, 4.69) is 15.4 Å². The van der Waals surface area contributed by atoms with Gasteiger partial charge in [-0.05, 0) is 0 Å².